The molecule has 20 heavy (non-hydrogen) atoms. The third kappa shape index (κ3) is 4.34. The number of hydrogen-bond donors (Lipinski definition) is 0. The minimum atomic E-state index is -0.0920. The van der Waals surface area contributed by atoms with Gasteiger partial charge in [0.05, 0.1) is 13.0 Å². The van der Waals surface area contributed by atoms with Gasteiger partial charge in [-0.05, 0) is 38.4 Å². The zero-order chi connectivity index (χ0) is 14.2. The van der Waals surface area contributed by atoms with Crippen molar-refractivity contribution >= 4 is 5.97 Å². The Balaban J connectivity index is 2.12. The highest BCUT2D eigenvalue weighted by Gasteiger charge is 2.24. The molecule has 1 unspecified atom stereocenters. The fraction of sp³-hybridized carbons (Fsp3) is 0.588. The number of benzene rings is 1. The maximum absolute atomic E-state index is 11.9. The van der Waals surface area contributed by atoms with Gasteiger partial charge in [0.25, 0.3) is 0 Å². The number of esters is 1. The molecule has 0 N–H and O–H groups in total. The summed E-state index contributed by atoms with van der Waals surface area (Å²) in [4.78, 5) is 14.4. The fourth-order valence-electron chi connectivity index (χ4n) is 2.92. The minimum Gasteiger partial charge on any atom is -0.466 e. The van der Waals surface area contributed by atoms with Crippen molar-refractivity contribution < 1.29 is 9.53 Å². The Morgan fingerprint density at radius 2 is 1.80 bits per heavy atom. The smallest absolute Gasteiger partial charge is 0.307 e. The summed E-state index contributed by atoms with van der Waals surface area (Å²) in [6.07, 6.45) is 5.52. The van der Waals surface area contributed by atoms with Crippen molar-refractivity contribution in [2.24, 2.45) is 0 Å². The number of hydrogen-bond acceptors (Lipinski definition) is 3. The summed E-state index contributed by atoms with van der Waals surface area (Å²) < 4.78 is 5.15. The molecule has 110 valence electrons. The highest BCUT2D eigenvalue weighted by atomic mass is 16.5. The molecule has 1 aromatic rings. The molecular weight excluding hydrogens is 250 g/mol. The van der Waals surface area contributed by atoms with Crippen molar-refractivity contribution in [2.75, 3.05) is 19.7 Å². The molecule has 1 saturated heterocycles. The molecule has 0 bridgehead atoms. The number of rotatable bonds is 5. The second-order valence-electron chi connectivity index (χ2n) is 5.39. The van der Waals surface area contributed by atoms with Crippen molar-refractivity contribution in [3.05, 3.63) is 35.9 Å². The summed E-state index contributed by atoms with van der Waals surface area (Å²) >= 11 is 0. The van der Waals surface area contributed by atoms with Gasteiger partial charge in [-0.1, -0.05) is 43.2 Å². The second kappa shape index (κ2) is 8.05. The monoisotopic (exact) mass is 275 g/mol. The van der Waals surface area contributed by atoms with Crippen LogP contribution in [0.1, 0.15) is 50.6 Å². The molecule has 0 radical (unpaired) electrons. The van der Waals surface area contributed by atoms with E-state index in [-0.39, 0.29) is 12.0 Å². The predicted molar refractivity (Wildman–Crippen MR) is 80.5 cm³/mol. The lowest BCUT2D eigenvalue weighted by Crippen LogP contribution is -2.31. The van der Waals surface area contributed by atoms with E-state index in [1.807, 2.05) is 25.1 Å². The molecule has 0 aromatic heterocycles. The van der Waals surface area contributed by atoms with Crippen LogP contribution in [0, 0.1) is 0 Å². The van der Waals surface area contributed by atoms with Crippen molar-refractivity contribution in [3.8, 4) is 0 Å². The molecule has 0 amide bonds. The maximum Gasteiger partial charge on any atom is 0.307 e. The van der Waals surface area contributed by atoms with Crippen LogP contribution in [0.4, 0.5) is 0 Å². The first-order valence-corrected chi connectivity index (χ1v) is 7.76. The van der Waals surface area contributed by atoms with Crippen LogP contribution >= 0.6 is 0 Å². The molecular formula is C17H25NO2. The van der Waals surface area contributed by atoms with Gasteiger partial charge in [-0.15, -0.1) is 0 Å². The predicted octanol–water partition coefficient (Wildman–Crippen LogP) is 3.56. The minimum absolute atomic E-state index is 0.0920. The number of ether oxygens (including phenoxy) is 1. The molecule has 3 nitrogen and oxygen atoms in total. The van der Waals surface area contributed by atoms with Gasteiger partial charge >= 0.3 is 5.97 Å². The van der Waals surface area contributed by atoms with E-state index in [2.05, 4.69) is 17.0 Å². The van der Waals surface area contributed by atoms with Crippen LogP contribution in [0.25, 0.3) is 0 Å². The van der Waals surface area contributed by atoms with Gasteiger partial charge in [0.15, 0.2) is 0 Å². The summed E-state index contributed by atoms with van der Waals surface area (Å²) in [6.45, 7) is 4.49. The Bertz CT molecular complexity index is 397. The molecule has 2 rings (SSSR count). The zero-order valence-corrected chi connectivity index (χ0v) is 12.4. The van der Waals surface area contributed by atoms with Gasteiger partial charge in [-0.2, -0.15) is 0 Å². The Hall–Kier alpha value is -1.35. The van der Waals surface area contributed by atoms with E-state index in [0.717, 1.165) is 13.1 Å². The zero-order valence-electron chi connectivity index (χ0n) is 12.4. The number of nitrogens with zero attached hydrogens (tertiary/aromatic N) is 1. The summed E-state index contributed by atoms with van der Waals surface area (Å²) in [5.41, 5.74) is 1.22. The van der Waals surface area contributed by atoms with Gasteiger partial charge in [-0.3, -0.25) is 9.69 Å². The second-order valence-corrected chi connectivity index (χ2v) is 5.39. The van der Waals surface area contributed by atoms with E-state index in [4.69, 9.17) is 4.74 Å². The number of carbonyl (C=O) groups is 1. The summed E-state index contributed by atoms with van der Waals surface area (Å²) in [5.74, 6) is -0.0920. The molecule has 1 aliphatic rings. The topological polar surface area (TPSA) is 29.5 Å². The standard InChI is InChI=1S/C17H25NO2/c1-2-20-17(19)14-16(15-10-6-5-7-11-15)18-12-8-3-4-9-13-18/h5-7,10-11,16H,2-4,8-9,12-14H2,1H3. The largest absolute Gasteiger partial charge is 0.466 e. The average molecular weight is 275 g/mol. The first-order chi connectivity index (χ1) is 9.81. The van der Waals surface area contributed by atoms with Crippen LogP contribution in [-0.4, -0.2) is 30.6 Å². The lowest BCUT2D eigenvalue weighted by Gasteiger charge is -2.30. The molecule has 0 spiro atoms. The molecule has 1 aliphatic heterocycles. The quantitative estimate of drug-likeness (QED) is 0.770. The first kappa shape index (κ1) is 15.0. The van der Waals surface area contributed by atoms with Gasteiger partial charge in [0, 0.05) is 6.04 Å². The molecule has 3 heteroatoms. The van der Waals surface area contributed by atoms with E-state index in [1.54, 1.807) is 0 Å². The molecule has 1 aromatic carbocycles. The van der Waals surface area contributed by atoms with Crippen LogP contribution in [0.3, 0.4) is 0 Å². The third-order valence-corrected chi connectivity index (χ3v) is 3.93. The molecule has 0 aliphatic carbocycles. The van der Waals surface area contributed by atoms with Crippen LogP contribution in [0.5, 0.6) is 0 Å². The van der Waals surface area contributed by atoms with Crippen molar-refractivity contribution in [2.45, 2.75) is 45.1 Å². The molecule has 1 fully saturated rings. The SMILES string of the molecule is CCOC(=O)CC(c1ccccc1)N1CCCCCC1. The lowest BCUT2D eigenvalue weighted by atomic mass is 10.0. The summed E-state index contributed by atoms with van der Waals surface area (Å²) in [7, 11) is 0. The normalized spacial score (nSPS) is 18.2. The van der Waals surface area contributed by atoms with Crippen molar-refractivity contribution in [3.63, 3.8) is 0 Å². The van der Waals surface area contributed by atoms with Gasteiger partial charge in [-0.25, -0.2) is 0 Å². The number of likely N-dealkylation sites (tertiary alicyclic amines) is 1. The van der Waals surface area contributed by atoms with E-state index < -0.39 is 0 Å². The Morgan fingerprint density at radius 1 is 1.15 bits per heavy atom. The van der Waals surface area contributed by atoms with Crippen LogP contribution in [0.2, 0.25) is 0 Å². The fourth-order valence-corrected chi connectivity index (χ4v) is 2.92. The summed E-state index contributed by atoms with van der Waals surface area (Å²) in [6, 6.07) is 10.5. The van der Waals surface area contributed by atoms with Gasteiger partial charge in [0.2, 0.25) is 0 Å². The summed E-state index contributed by atoms with van der Waals surface area (Å²) in [5, 5.41) is 0. The van der Waals surface area contributed by atoms with E-state index in [9.17, 15) is 4.79 Å². The van der Waals surface area contributed by atoms with Crippen LogP contribution < -0.4 is 0 Å². The molecule has 1 heterocycles. The van der Waals surface area contributed by atoms with Crippen LogP contribution in [-0.2, 0) is 9.53 Å². The van der Waals surface area contributed by atoms with E-state index >= 15 is 0 Å². The number of carbonyl (C=O) groups excluding carboxylic acids is 1. The Labute approximate surface area is 121 Å². The average Bonchev–Trinajstić information content (AvgIpc) is 2.75. The van der Waals surface area contributed by atoms with Crippen molar-refractivity contribution in [1.29, 1.82) is 0 Å². The van der Waals surface area contributed by atoms with Crippen LogP contribution in [0.15, 0.2) is 30.3 Å². The highest BCUT2D eigenvalue weighted by Crippen LogP contribution is 2.27. The maximum atomic E-state index is 11.9. The third-order valence-electron chi connectivity index (χ3n) is 3.93. The van der Waals surface area contributed by atoms with Crippen molar-refractivity contribution in [1.82, 2.24) is 4.90 Å². The van der Waals surface area contributed by atoms with Gasteiger partial charge < -0.3 is 4.74 Å². The van der Waals surface area contributed by atoms with Gasteiger partial charge in [0.1, 0.15) is 0 Å². The molecule has 0 saturated carbocycles. The Morgan fingerprint density at radius 3 is 2.40 bits per heavy atom. The first-order valence-electron chi connectivity index (χ1n) is 7.76. The molecule has 1 atom stereocenters. The highest BCUT2D eigenvalue weighted by molar-refractivity contribution is 5.70. The van der Waals surface area contributed by atoms with E-state index in [0.29, 0.717) is 13.0 Å². The lowest BCUT2D eigenvalue weighted by molar-refractivity contribution is -0.144. The Kier molecular flexibility index (Phi) is 6.06. The van der Waals surface area contributed by atoms with E-state index in [1.165, 1.54) is 31.2 Å².